The van der Waals surface area contributed by atoms with Crippen LogP contribution in [0.2, 0.25) is 5.02 Å². The van der Waals surface area contributed by atoms with Gasteiger partial charge in [-0.25, -0.2) is 14.3 Å². The van der Waals surface area contributed by atoms with Crippen molar-refractivity contribution >= 4 is 29.1 Å². The fourth-order valence-corrected chi connectivity index (χ4v) is 4.96. The average Bonchev–Trinajstić information content (AvgIpc) is 3.63. The molecule has 2 amide bonds. The number of amides is 2. The van der Waals surface area contributed by atoms with Crippen molar-refractivity contribution in [3.8, 4) is 11.9 Å². The maximum absolute atomic E-state index is 14.2. The highest BCUT2D eigenvalue weighted by Gasteiger charge is 2.74. The van der Waals surface area contributed by atoms with Crippen LogP contribution in [-0.4, -0.2) is 59.7 Å². The van der Waals surface area contributed by atoms with Crippen LogP contribution in [0.15, 0.2) is 42.7 Å². The van der Waals surface area contributed by atoms with E-state index in [-0.39, 0.29) is 51.3 Å². The maximum Gasteiger partial charge on any atom is 0.460 e. The van der Waals surface area contributed by atoms with Gasteiger partial charge in [0.2, 0.25) is 0 Å². The Hall–Kier alpha value is -5.05. The molecule has 1 unspecified atom stereocenters. The van der Waals surface area contributed by atoms with Crippen LogP contribution in [0.1, 0.15) is 63.1 Å². The lowest BCUT2D eigenvalue weighted by molar-refractivity contribution is -0.360. The molecule has 3 heterocycles. The van der Waals surface area contributed by atoms with E-state index in [4.69, 9.17) is 11.6 Å². The largest absolute Gasteiger partial charge is 0.460 e. The summed E-state index contributed by atoms with van der Waals surface area (Å²) in [4.78, 5) is 31.2. The Morgan fingerprint density at radius 3 is 2.46 bits per heavy atom. The number of pyridine rings is 1. The van der Waals surface area contributed by atoms with Crippen molar-refractivity contribution in [1.82, 2.24) is 35.1 Å². The normalized spacial score (nSPS) is 14.4. The van der Waals surface area contributed by atoms with Crippen LogP contribution in [-0.2, 0) is 12.5 Å². The number of nitrogens with one attached hydrogen (secondary N) is 2. The van der Waals surface area contributed by atoms with E-state index < -0.39 is 42.1 Å². The molecule has 0 spiro atoms. The lowest BCUT2D eigenvalue weighted by Crippen LogP contribution is -2.50. The summed E-state index contributed by atoms with van der Waals surface area (Å²) < 4.78 is 95.0. The molecule has 5 rings (SSSR count). The molecule has 2 N–H and O–H groups in total. The highest BCUT2D eigenvalue weighted by molar-refractivity contribution is 6.32. The Kier molecular flexibility index (Phi) is 8.95. The van der Waals surface area contributed by atoms with E-state index >= 15 is 0 Å². The first-order chi connectivity index (χ1) is 22.4. The Morgan fingerprint density at radius 1 is 1.12 bits per heavy atom. The van der Waals surface area contributed by atoms with E-state index in [1.165, 1.54) is 30.5 Å². The van der Waals surface area contributed by atoms with Crippen LogP contribution in [0, 0.1) is 24.2 Å². The molecule has 0 aliphatic heterocycles. The molecule has 48 heavy (non-hydrogen) atoms. The Balaban J connectivity index is 1.50. The minimum Gasteiger partial charge on any atom is -0.349 e. The zero-order valence-electron chi connectivity index (χ0n) is 24.8. The monoisotopic (exact) mass is 697 g/mol. The minimum atomic E-state index is -6.58. The molecule has 0 bridgehead atoms. The van der Waals surface area contributed by atoms with Gasteiger partial charge >= 0.3 is 18.0 Å². The Morgan fingerprint density at radius 2 is 1.83 bits per heavy atom. The average molecular weight is 698 g/mol. The van der Waals surface area contributed by atoms with E-state index in [1.54, 1.807) is 6.92 Å². The summed E-state index contributed by atoms with van der Waals surface area (Å²) in [5.41, 5.74) is -1.75. The molecule has 1 fully saturated rings. The fraction of sp³-hybridized carbons (Fsp3) is 0.345. The molecule has 252 valence electrons. The van der Waals surface area contributed by atoms with Gasteiger partial charge in [-0.2, -0.15) is 41.1 Å². The van der Waals surface area contributed by atoms with Gasteiger partial charge in [-0.15, -0.1) is 5.10 Å². The molecule has 1 atom stereocenters. The van der Waals surface area contributed by atoms with E-state index in [2.05, 4.69) is 31.0 Å². The molecule has 1 saturated carbocycles. The van der Waals surface area contributed by atoms with Crippen LogP contribution in [0.4, 0.5) is 36.4 Å². The van der Waals surface area contributed by atoms with Crippen LogP contribution in [0.5, 0.6) is 0 Å². The van der Waals surface area contributed by atoms with Crippen LogP contribution >= 0.6 is 11.6 Å². The quantitative estimate of drug-likeness (QED) is 0.199. The van der Waals surface area contributed by atoms with Gasteiger partial charge in [0, 0.05) is 12.2 Å². The molecule has 0 radical (unpaired) electrons. The first kappa shape index (κ1) is 34.3. The second-order valence-corrected chi connectivity index (χ2v) is 11.5. The number of carbonyl (C=O) groups excluding carboxylic acids is 2. The Bertz CT molecular complexity index is 1930. The third kappa shape index (κ3) is 6.54. The first-order valence-corrected chi connectivity index (χ1v) is 14.4. The summed E-state index contributed by atoms with van der Waals surface area (Å²) in [5.74, 6) is -13.4. The minimum absolute atomic E-state index is 0.00119. The number of halogens is 8. The summed E-state index contributed by atoms with van der Waals surface area (Å²) in [6.45, 7) is 2.78. The zero-order chi connectivity index (χ0) is 35.2. The molecule has 1 aliphatic rings. The predicted molar refractivity (Wildman–Crippen MR) is 154 cm³/mol. The van der Waals surface area contributed by atoms with Crippen molar-refractivity contribution in [1.29, 1.82) is 5.26 Å². The molecular weight excluding hydrogens is 675 g/mol. The van der Waals surface area contributed by atoms with Gasteiger partial charge in [0.05, 0.1) is 46.3 Å². The van der Waals surface area contributed by atoms with Gasteiger partial charge < -0.3 is 10.6 Å². The lowest BCUT2D eigenvalue weighted by Gasteiger charge is -2.26. The van der Waals surface area contributed by atoms with Gasteiger partial charge in [-0.3, -0.25) is 9.59 Å². The van der Waals surface area contributed by atoms with Crippen LogP contribution in [0.3, 0.4) is 0 Å². The lowest BCUT2D eigenvalue weighted by atomic mass is 10.0. The van der Waals surface area contributed by atoms with Crippen molar-refractivity contribution in [2.45, 2.75) is 57.3 Å². The summed E-state index contributed by atoms with van der Waals surface area (Å²) in [6.07, 6.45) is -3.16. The van der Waals surface area contributed by atoms with Crippen molar-refractivity contribution in [3.63, 3.8) is 0 Å². The van der Waals surface area contributed by atoms with E-state index in [0.717, 1.165) is 23.6 Å². The number of carbonyl (C=O) groups is 2. The van der Waals surface area contributed by atoms with Gasteiger partial charge in [-0.1, -0.05) is 16.8 Å². The van der Waals surface area contributed by atoms with Gasteiger partial charge in [0.1, 0.15) is 5.69 Å². The second kappa shape index (κ2) is 12.5. The van der Waals surface area contributed by atoms with Crippen molar-refractivity contribution in [2.75, 3.05) is 5.32 Å². The summed E-state index contributed by atoms with van der Waals surface area (Å²) in [5, 5.41) is 25.3. The number of benzene rings is 1. The van der Waals surface area contributed by atoms with Crippen LogP contribution < -0.4 is 10.6 Å². The molecular formula is C29H23ClF7N9O2. The van der Waals surface area contributed by atoms with Crippen molar-refractivity contribution in [2.24, 2.45) is 5.92 Å². The molecule has 19 heteroatoms. The number of hydrogen-bond donors (Lipinski definition) is 2. The van der Waals surface area contributed by atoms with Gasteiger partial charge in [-0.05, 0) is 68.5 Å². The predicted octanol–water partition coefficient (Wildman–Crippen LogP) is 5.81. The summed E-state index contributed by atoms with van der Waals surface area (Å²) >= 11 is 6.29. The summed E-state index contributed by atoms with van der Waals surface area (Å²) in [6, 6.07) is 8.61. The zero-order valence-corrected chi connectivity index (χ0v) is 25.5. The molecule has 1 aromatic carbocycles. The van der Waals surface area contributed by atoms with Gasteiger partial charge in [0.15, 0.2) is 11.5 Å². The van der Waals surface area contributed by atoms with E-state index in [1.807, 2.05) is 13.0 Å². The number of alkyl halides is 7. The Labute approximate surface area is 271 Å². The smallest absolute Gasteiger partial charge is 0.349 e. The highest BCUT2D eigenvalue weighted by Crippen LogP contribution is 2.51. The second-order valence-electron chi connectivity index (χ2n) is 11.1. The standard InChI is InChI=1S/C29H23ClF7N9O2/c1-14-8-16(11-38)9-19(25(47)40-15(2)17-5-6-17)23(14)41-26(48)21-10-18(43-46(21)24-20(30)4-3-7-39-24)12-45-13-22(42-44-45)27(31,32)28(33,34)29(35,36)37/h3-4,7-10,13,15,17H,5-6,12H2,1-2H3,(H,40,47)(H,41,48). The first-order valence-electron chi connectivity index (χ1n) is 14.0. The number of anilines is 1. The molecule has 3 aromatic heterocycles. The molecule has 1 aliphatic carbocycles. The summed E-state index contributed by atoms with van der Waals surface area (Å²) in [7, 11) is 0. The molecule has 4 aromatic rings. The van der Waals surface area contributed by atoms with E-state index in [9.17, 15) is 45.6 Å². The fourth-order valence-electron chi connectivity index (χ4n) is 4.76. The third-order valence-corrected chi connectivity index (χ3v) is 7.80. The number of rotatable bonds is 10. The highest BCUT2D eigenvalue weighted by atomic mass is 35.5. The SMILES string of the molecule is Cc1cc(C#N)cc(C(=O)NC(C)C2CC2)c1NC(=O)c1cc(Cn2cc(C(F)(F)C(F)(F)C(F)(F)F)nn2)nn1-c1ncccc1Cl. The third-order valence-electron chi connectivity index (χ3n) is 7.50. The number of nitrogens with zero attached hydrogens (tertiary/aromatic N) is 7. The van der Waals surface area contributed by atoms with E-state index in [0.29, 0.717) is 16.2 Å². The number of aromatic nitrogens is 6. The van der Waals surface area contributed by atoms with Crippen molar-refractivity contribution < 1.29 is 40.3 Å². The number of aryl methyl sites for hydroxylation is 1. The molecule has 11 nitrogen and oxygen atoms in total. The maximum atomic E-state index is 14.2. The van der Waals surface area contributed by atoms with Crippen molar-refractivity contribution in [3.05, 3.63) is 81.5 Å². The topological polar surface area (TPSA) is 143 Å². The van der Waals surface area contributed by atoms with Crippen LogP contribution in [0.25, 0.3) is 5.82 Å². The van der Waals surface area contributed by atoms with Gasteiger partial charge in [0.25, 0.3) is 11.8 Å². The molecule has 0 saturated heterocycles. The number of hydrogen-bond acceptors (Lipinski definition) is 7. The number of nitriles is 1.